The van der Waals surface area contributed by atoms with Crippen molar-refractivity contribution in [2.45, 2.75) is 58.8 Å². The molecule has 7 nitrogen and oxygen atoms in total. The van der Waals surface area contributed by atoms with Crippen molar-refractivity contribution in [1.29, 1.82) is 0 Å². The molecule has 7 heteroatoms. The lowest BCUT2D eigenvalue weighted by molar-refractivity contribution is 0.00824. The van der Waals surface area contributed by atoms with Gasteiger partial charge in [0.05, 0.1) is 19.3 Å². The fourth-order valence-electron chi connectivity index (χ4n) is 3.46. The van der Waals surface area contributed by atoms with Crippen LogP contribution in [0, 0.1) is 6.92 Å². The summed E-state index contributed by atoms with van der Waals surface area (Å²) < 4.78 is 8.13. The Kier molecular flexibility index (Phi) is 3.73. The zero-order chi connectivity index (χ0) is 16.9. The maximum absolute atomic E-state index is 5.90. The van der Waals surface area contributed by atoms with Crippen LogP contribution in [0.2, 0.25) is 0 Å². The van der Waals surface area contributed by atoms with E-state index in [2.05, 4.69) is 50.3 Å². The van der Waals surface area contributed by atoms with Gasteiger partial charge in [0.15, 0.2) is 0 Å². The molecule has 0 saturated carbocycles. The Morgan fingerprint density at radius 3 is 2.71 bits per heavy atom. The van der Waals surface area contributed by atoms with E-state index in [1.165, 1.54) is 0 Å². The van der Waals surface area contributed by atoms with Crippen LogP contribution in [0.25, 0.3) is 0 Å². The molecule has 130 valence electrons. The highest BCUT2D eigenvalue weighted by Crippen LogP contribution is 2.25. The molecule has 0 amide bonds. The topological polar surface area (TPSA) is 63.2 Å². The van der Waals surface area contributed by atoms with E-state index in [4.69, 9.17) is 4.42 Å². The van der Waals surface area contributed by atoms with E-state index in [0.29, 0.717) is 6.04 Å². The molecule has 0 atom stereocenters. The van der Waals surface area contributed by atoms with Crippen LogP contribution in [-0.2, 0) is 25.0 Å². The van der Waals surface area contributed by atoms with Crippen molar-refractivity contribution in [3.63, 3.8) is 0 Å². The number of hydrogen-bond acceptors (Lipinski definition) is 6. The van der Waals surface area contributed by atoms with Crippen LogP contribution in [-0.4, -0.2) is 55.2 Å². The molecule has 2 aromatic rings. The van der Waals surface area contributed by atoms with Gasteiger partial charge in [0.1, 0.15) is 17.4 Å². The van der Waals surface area contributed by atoms with Gasteiger partial charge in [-0.25, -0.2) is 4.98 Å². The molecule has 2 aromatic heterocycles. The van der Waals surface area contributed by atoms with Crippen molar-refractivity contribution in [2.24, 2.45) is 0 Å². The van der Waals surface area contributed by atoms with Gasteiger partial charge in [0.25, 0.3) is 0 Å². The van der Waals surface area contributed by atoms with Crippen LogP contribution < -0.4 is 0 Å². The Bertz CT molecular complexity index is 722. The Labute approximate surface area is 142 Å². The molecule has 4 rings (SSSR count). The maximum Gasteiger partial charge on any atom is 0.208 e. The molecule has 0 aromatic carbocycles. The van der Waals surface area contributed by atoms with Gasteiger partial charge in [-0.15, -0.1) is 10.2 Å². The van der Waals surface area contributed by atoms with E-state index in [0.717, 1.165) is 62.6 Å². The SMILES string of the molecule is Cc1nnc2n1CCN(C1CN(Cc3ncc(C(C)(C)C)o3)C1)C2. The van der Waals surface area contributed by atoms with Crippen LogP contribution in [0.3, 0.4) is 0 Å². The minimum atomic E-state index is 0.0185. The van der Waals surface area contributed by atoms with Gasteiger partial charge in [-0.05, 0) is 6.92 Å². The van der Waals surface area contributed by atoms with Gasteiger partial charge >= 0.3 is 0 Å². The van der Waals surface area contributed by atoms with Crippen molar-refractivity contribution in [3.05, 3.63) is 29.5 Å². The van der Waals surface area contributed by atoms with Crippen molar-refractivity contribution in [1.82, 2.24) is 29.5 Å². The Morgan fingerprint density at radius 1 is 1.21 bits per heavy atom. The highest BCUT2D eigenvalue weighted by atomic mass is 16.4. The summed E-state index contributed by atoms with van der Waals surface area (Å²) in [6, 6.07) is 0.604. The van der Waals surface area contributed by atoms with E-state index in [1.807, 2.05) is 13.1 Å². The predicted molar refractivity (Wildman–Crippen MR) is 89.4 cm³/mol. The molecule has 2 aliphatic rings. The summed E-state index contributed by atoms with van der Waals surface area (Å²) in [5.41, 5.74) is 0.0185. The van der Waals surface area contributed by atoms with Crippen molar-refractivity contribution in [3.8, 4) is 0 Å². The number of nitrogens with zero attached hydrogens (tertiary/aromatic N) is 6. The average molecular weight is 330 g/mol. The second-order valence-electron chi connectivity index (χ2n) is 8.00. The molecule has 0 unspecified atom stereocenters. The smallest absolute Gasteiger partial charge is 0.208 e. The summed E-state index contributed by atoms with van der Waals surface area (Å²) in [5, 5.41) is 8.48. The molecule has 1 saturated heterocycles. The van der Waals surface area contributed by atoms with E-state index < -0.39 is 0 Å². The first-order chi connectivity index (χ1) is 11.4. The molecule has 0 aliphatic carbocycles. The van der Waals surface area contributed by atoms with Crippen molar-refractivity contribution >= 4 is 0 Å². The molecule has 0 radical (unpaired) electrons. The van der Waals surface area contributed by atoms with Gasteiger partial charge in [0.2, 0.25) is 5.89 Å². The van der Waals surface area contributed by atoms with Gasteiger partial charge in [-0.1, -0.05) is 20.8 Å². The molecule has 0 bridgehead atoms. The highest BCUT2D eigenvalue weighted by molar-refractivity contribution is 5.06. The monoisotopic (exact) mass is 330 g/mol. The van der Waals surface area contributed by atoms with Crippen LogP contribution >= 0.6 is 0 Å². The van der Waals surface area contributed by atoms with E-state index in [-0.39, 0.29) is 5.41 Å². The number of fused-ring (bicyclic) bond motifs is 1. The molecular weight excluding hydrogens is 304 g/mol. The normalized spacial score (nSPS) is 20.2. The number of oxazole rings is 1. The fourth-order valence-corrected chi connectivity index (χ4v) is 3.46. The van der Waals surface area contributed by atoms with Crippen LogP contribution in [0.1, 0.15) is 44.1 Å². The lowest BCUT2D eigenvalue weighted by Crippen LogP contribution is -2.60. The molecule has 0 N–H and O–H groups in total. The van der Waals surface area contributed by atoms with Gasteiger partial charge in [-0.2, -0.15) is 0 Å². The summed E-state index contributed by atoms with van der Waals surface area (Å²) in [5.74, 6) is 3.91. The zero-order valence-corrected chi connectivity index (χ0v) is 15.0. The second kappa shape index (κ2) is 5.67. The Balaban J connectivity index is 1.30. The Hall–Kier alpha value is -1.73. The molecule has 4 heterocycles. The van der Waals surface area contributed by atoms with Crippen LogP contribution in [0.4, 0.5) is 0 Å². The summed E-state index contributed by atoms with van der Waals surface area (Å²) in [6.45, 7) is 14.4. The van der Waals surface area contributed by atoms with Gasteiger partial charge in [0, 0.05) is 37.6 Å². The standard InChI is InChI=1S/C17H26N6O/c1-12-19-20-15-10-22(5-6-23(12)15)13-8-21(9-13)11-16-18-7-14(24-16)17(2,3)4/h7,13H,5-6,8-11H2,1-4H3. The first-order valence-electron chi connectivity index (χ1n) is 8.70. The summed E-state index contributed by atoms with van der Waals surface area (Å²) >= 11 is 0. The molecule has 2 aliphatic heterocycles. The quantitative estimate of drug-likeness (QED) is 0.851. The van der Waals surface area contributed by atoms with Crippen molar-refractivity contribution in [2.75, 3.05) is 19.6 Å². The maximum atomic E-state index is 5.90. The molecule has 24 heavy (non-hydrogen) atoms. The lowest BCUT2D eigenvalue weighted by Gasteiger charge is -2.46. The van der Waals surface area contributed by atoms with E-state index >= 15 is 0 Å². The third-order valence-electron chi connectivity index (χ3n) is 5.07. The number of aromatic nitrogens is 4. The van der Waals surface area contributed by atoms with Crippen LogP contribution in [0.15, 0.2) is 10.6 Å². The average Bonchev–Trinajstić information content (AvgIpc) is 3.09. The predicted octanol–water partition coefficient (Wildman–Crippen LogP) is 1.57. The minimum absolute atomic E-state index is 0.0185. The van der Waals surface area contributed by atoms with Gasteiger partial charge in [-0.3, -0.25) is 9.80 Å². The van der Waals surface area contributed by atoms with Gasteiger partial charge < -0.3 is 8.98 Å². The molecule has 1 fully saturated rings. The summed E-state index contributed by atoms with van der Waals surface area (Å²) in [4.78, 5) is 9.35. The number of rotatable bonds is 3. The summed E-state index contributed by atoms with van der Waals surface area (Å²) in [7, 11) is 0. The lowest BCUT2D eigenvalue weighted by atomic mass is 9.94. The van der Waals surface area contributed by atoms with E-state index in [9.17, 15) is 0 Å². The number of hydrogen-bond donors (Lipinski definition) is 0. The molecular formula is C17H26N6O. The highest BCUT2D eigenvalue weighted by Gasteiger charge is 2.35. The Morgan fingerprint density at radius 2 is 2.00 bits per heavy atom. The third-order valence-corrected chi connectivity index (χ3v) is 5.07. The van der Waals surface area contributed by atoms with Crippen molar-refractivity contribution < 1.29 is 4.42 Å². The van der Waals surface area contributed by atoms with E-state index in [1.54, 1.807) is 0 Å². The first-order valence-corrected chi connectivity index (χ1v) is 8.70. The largest absolute Gasteiger partial charge is 0.444 e. The first kappa shape index (κ1) is 15.8. The minimum Gasteiger partial charge on any atom is -0.444 e. The van der Waals surface area contributed by atoms with Crippen LogP contribution in [0.5, 0.6) is 0 Å². The number of aryl methyl sites for hydroxylation is 1. The number of likely N-dealkylation sites (tertiary alicyclic amines) is 1. The molecule has 0 spiro atoms. The fraction of sp³-hybridized carbons (Fsp3) is 0.706. The third kappa shape index (κ3) is 2.86. The zero-order valence-electron chi connectivity index (χ0n) is 15.0. The second-order valence-corrected chi connectivity index (χ2v) is 8.00. The summed E-state index contributed by atoms with van der Waals surface area (Å²) in [6.07, 6.45) is 1.87.